The van der Waals surface area contributed by atoms with Gasteiger partial charge in [-0.2, -0.15) is 0 Å². The number of hydrogen-bond donors (Lipinski definition) is 1. The number of carbonyl (C=O) groups is 3. The number of benzene rings is 1. The number of nitro benzene ring substituents is 1. The molecule has 1 N–H and O–H groups in total. The Kier molecular flexibility index (Phi) is 5.64. The van der Waals surface area contributed by atoms with Gasteiger partial charge in [-0.15, -0.1) is 17.9 Å². The van der Waals surface area contributed by atoms with Crippen LogP contribution in [-0.4, -0.2) is 43.6 Å². The average molecular weight is 465 g/mol. The standard InChI is InChI=1S/C22H19N5O5S/c1-4-8-25-12(2)9-15(13(25)3)16-11-33-22(23-16)24-18(28)10-26-20(29)14-6-5-7-17(27(31)32)19(14)21(26)30/h4-7,9,11H,1,8,10H2,2-3H3,(H,23,24,28). The smallest absolute Gasteiger partial charge is 0.282 e. The molecule has 3 amide bonds. The van der Waals surface area contributed by atoms with Crippen molar-refractivity contribution in [1.82, 2.24) is 14.5 Å². The molecule has 0 saturated carbocycles. The zero-order valence-corrected chi connectivity index (χ0v) is 18.6. The van der Waals surface area contributed by atoms with Gasteiger partial charge in [-0.25, -0.2) is 4.98 Å². The predicted octanol–water partition coefficient (Wildman–Crippen LogP) is 3.56. The number of carbonyl (C=O) groups excluding carboxylic acids is 3. The molecule has 1 aliphatic heterocycles. The Labute approximate surface area is 192 Å². The summed E-state index contributed by atoms with van der Waals surface area (Å²) >= 11 is 1.21. The molecule has 0 atom stereocenters. The fraction of sp³-hybridized carbons (Fsp3) is 0.182. The number of nitrogens with zero attached hydrogens (tertiary/aromatic N) is 4. The van der Waals surface area contributed by atoms with Crippen LogP contribution in [0.25, 0.3) is 11.3 Å². The zero-order chi connectivity index (χ0) is 23.9. The summed E-state index contributed by atoms with van der Waals surface area (Å²) in [7, 11) is 0. The fourth-order valence-corrected chi connectivity index (χ4v) is 4.57. The van der Waals surface area contributed by atoms with Gasteiger partial charge in [-0.05, 0) is 26.0 Å². The van der Waals surface area contributed by atoms with Gasteiger partial charge in [0.15, 0.2) is 5.13 Å². The highest BCUT2D eigenvalue weighted by molar-refractivity contribution is 7.14. The summed E-state index contributed by atoms with van der Waals surface area (Å²) in [5.41, 5.74) is 2.84. The van der Waals surface area contributed by atoms with Gasteiger partial charge in [-0.1, -0.05) is 12.1 Å². The van der Waals surface area contributed by atoms with E-state index < -0.39 is 34.9 Å². The molecule has 0 aliphatic carbocycles. The number of hydrogen-bond acceptors (Lipinski definition) is 7. The van der Waals surface area contributed by atoms with Gasteiger partial charge >= 0.3 is 0 Å². The summed E-state index contributed by atoms with van der Waals surface area (Å²) < 4.78 is 2.10. The molecule has 0 fully saturated rings. The van der Waals surface area contributed by atoms with E-state index in [9.17, 15) is 24.5 Å². The largest absolute Gasteiger partial charge is 0.345 e. The second-order valence-electron chi connectivity index (χ2n) is 7.42. The Morgan fingerprint density at radius 2 is 2.03 bits per heavy atom. The number of allylic oxidation sites excluding steroid dienone is 1. The van der Waals surface area contributed by atoms with Crippen LogP contribution in [0.5, 0.6) is 0 Å². The Bertz CT molecular complexity index is 1340. The van der Waals surface area contributed by atoms with Gasteiger partial charge < -0.3 is 9.88 Å². The Hall–Kier alpha value is -4.12. The lowest BCUT2D eigenvalue weighted by atomic mass is 10.1. The molecule has 3 aromatic rings. The second kappa shape index (κ2) is 8.43. The van der Waals surface area contributed by atoms with Crippen molar-refractivity contribution in [3.8, 4) is 11.3 Å². The lowest BCUT2D eigenvalue weighted by Crippen LogP contribution is -2.37. The maximum absolute atomic E-state index is 12.6. The number of aryl methyl sites for hydroxylation is 1. The van der Waals surface area contributed by atoms with Crippen molar-refractivity contribution >= 4 is 39.9 Å². The first-order valence-corrected chi connectivity index (χ1v) is 10.8. The van der Waals surface area contributed by atoms with E-state index in [2.05, 4.69) is 21.4 Å². The predicted molar refractivity (Wildman–Crippen MR) is 122 cm³/mol. The lowest BCUT2D eigenvalue weighted by Gasteiger charge is -2.12. The molecule has 0 unspecified atom stereocenters. The minimum absolute atomic E-state index is 0.0894. The number of amides is 3. The van der Waals surface area contributed by atoms with E-state index in [1.54, 1.807) is 5.38 Å². The third-order valence-corrected chi connectivity index (χ3v) is 6.14. The zero-order valence-electron chi connectivity index (χ0n) is 17.8. The summed E-state index contributed by atoms with van der Waals surface area (Å²) in [6.07, 6.45) is 1.81. The van der Waals surface area contributed by atoms with Crippen LogP contribution in [0.1, 0.15) is 32.1 Å². The van der Waals surface area contributed by atoms with E-state index in [1.165, 1.54) is 23.5 Å². The van der Waals surface area contributed by atoms with Crippen LogP contribution < -0.4 is 5.32 Å². The van der Waals surface area contributed by atoms with Gasteiger partial charge in [0.1, 0.15) is 12.1 Å². The first-order chi connectivity index (χ1) is 15.7. The van der Waals surface area contributed by atoms with Crippen molar-refractivity contribution in [3.63, 3.8) is 0 Å². The molecule has 33 heavy (non-hydrogen) atoms. The number of nitro groups is 1. The number of rotatable bonds is 7. The van der Waals surface area contributed by atoms with E-state index in [4.69, 9.17) is 0 Å². The third kappa shape index (κ3) is 3.82. The highest BCUT2D eigenvalue weighted by Crippen LogP contribution is 2.32. The number of aromatic nitrogens is 2. The Morgan fingerprint density at radius 1 is 1.27 bits per heavy atom. The van der Waals surface area contributed by atoms with Gasteiger partial charge in [0.05, 0.1) is 16.2 Å². The van der Waals surface area contributed by atoms with E-state index in [0.29, 0.717) is 22.3 Å². The molecule has 0 radical (unpaired) electrons. The van der Waals surface area contributed by atoms with Crippen LogP contribution in [-0.2, 0) is 11.3 Å². The van der Waals surface area contributed by atoms with E-state index >= 15 is 0 Å². The molecule has 1 aliphatic rings. The maximum Gasteiger partial charge on any atom is 0.282 e. The van der Waals surface area contributed by atoms with Gasteiger partial charge in [0, 0.05) is 34.9 Å². The summed E-state index contributed by atoms with van der Waals surface area (Å²) in [4.78, 5) is 53.4. The molecule has 0 spiro atoms. The van der Waals surface area contributed by atoms with Crippen LogP contribution >= 0.6 is 11.3 Å². The van der Waals surface area contributed by atoms with Gasteiger partial charge in [0.25, 0.3) is 17.5 Å². The molecular weight excluding hydrogens is 446 g/mol. The Balaban J connectivity index is 1.49. The van der Waals surface area contributed by atoms with Crippen LogP contribution in [0, 0.1) is 24.0 Å². The van der Waals surface area contributed by atoms with Crippen molar-refractivity contribution in [3.05, 3.63) is 74.9 Å². The number of imide groups is 1. The number of thiazole rings is 1. The summed E-state index contributed by atoms with van der Waals surface area (Å²) in [5.74, 6) is -2.25. The highest BCUT2D eigenvalue weighted by atomic mass is 32.1. The van der Waals surface area contributed by atoms with Gasteiger partial charge in [0.2, 0.25) is 5.91 Å². The normalized spacial score (nSPS) is 12.7. The van der Waals surface area contributed by atoms with Crippen LogP contribution in [0.3, 0.4) is 0 Å². The topological polar surface area (TPSA) is 127 Å². The molecule has 3 heterocycles. The molecule has 0 bridgehead atoms. The summed E-state index contributed by atoms with van der Waals surface area (Å²) in [6, 6.07) is 5.81. The third-order valence-electron chi connectivity index (χ3n) is 5.39. The van der Waals surface area contributed by atoms with E-state index in [-0.39, 0.29) is 11.1 Å². The number of fused-ring (bicyclic) bond motifs is 1. The highest BCUT2D eigenvalue weighted by Gasteiger charge is 2.41. The molecule has 4 rings (SSSR count). The Morgan fingerprint density at radius 3 is 2.73 bits per heavy atom. The maximum atomic E-state index is 12.6. The summed E-state index contributed by atoms with van der Waals surface area (Å²) in [6.45, 7) is 7.83. The SMILES string of the molecule is C=CCn1c(C)cc(-c2csc(NC(=O)CN3C(=O)c4cccc([N+](=O)[O-])c4C3=O)n2)c1C. The average Bonchev–Trinajstić information content (AvgIpc) is 3.41. The van der Waals surface area contributed by atoms with E-state index in [0.717, 1.165) is 23.0 Å². The minimum Gasteiger partial charge on any atom is -0.345 e. The molecule has 0 saturated heterocycles. The van der Waals surface area contributed by atoms with Crippen molar-refractivity contribution < 1.29 is 19.3 Å². The first-order valence-electron chi connectivity index (χ1n) is 9.90. The minimum atomic E-state index is -0.869. The number of nitrogens with one attached hydrogen (secondary N) is 1. The monoisotopic (exact) mass is 465 g/mol. The van der Waals surface area contributed by atoms with Crippen LogP contribution in [0.4, 0.5) is 10.8 Å². The summed E-state index contributed by atoms with van der Waals surface area (Å²) in [5, 5.41) is 15.9. The molecule has 1 aromatic carbocycles. The van der Waals surface area contributed by atoms with Crippen LogP contribution in [0.15, 0.2) is 42.3 Å². The molecule has 11 heteroatoms. The molecule has 10 nitrogen and oxygen atoms in total. The van der Waals surface area contributed by atoms with Crippen LogP contribution in [0.2, 0.25) is 0 Å². The quantitative estimate of drug-likeness (QED) is 0.246. The van der Waals surface area contributed by atoms with Crippen molar-refractivity contribution in [2.75, 3.05) is 11.9 Å². The van der Waals surface area contributed by atoms with E-state index in [1.807, 2.05) is 26.0 Å². The fourth-order valence-electron chi connectivity index (χ4n) is 3.84. The lowest BCUT2D eigenvalue weighted by molar-refractivity contribution is -0.385. The first kappa shape index (κ1) is 22.1. The molecular formula is C22H19N5O5S. The van der Waals surface area contributed by atoms with Crippen molar-refractivity contribution in [2.24, 2.45) is 0 Å². The van der Waals surface area contributed by atoms with Crippen molar-refractivity contribution in [2.45, 2.75) is 20.4 Å². The van der Waals surface area contributed by atoms with Crippen molar-refractivity contribution in [1.29, 1.82) is 0 Å². The molecule has 168 valence electrons. The molecule has 2 aromatic heterocycles. The number of anilines is 1. The van der Waals surface area contributed by atoms with Gasteiger partial charge in [-0.3, -0.25) is 29.4 Å². The second-order valence-corrected chi connectivity index (χ2v) is 8.28.